The predicted octanol–water partition coefficient (Wildman–Crippen LogP) is -3.60. The van der Waals surface area contributed by atoms with Crippen molar-refractivity contribution in [1.29, 1.82) is 0 Å². The van der Waals surface area contributed by atoms with Gasteiger partial charge in [0.2, 0.25) is 0 Å². The summed E-state index contributed by atoms with van der Waals surface area (Å²) in [5.41, 5.74) is 0. The molecule has 0 bridgehead atoms. The number of rotatable bonds is 1. The number of carboxylic acid groups (broad SMARTS) is 1. The number of carboxylic acids is 1. The molecule has 0 unspecified atom stereocenters. The van der Waals surface area contributed by atoms with Crippen molar-refractivity contribution in [2.75, 3.05) is 0 Å². The number of hydrogen-bond acceptors (Lipinski definition) is 2. The van der Waals surface area contributed by atoms with Crippen molar-refractivity contribution in [3.8, 4) is 0 Å². The van der Waals surface area contributed by atoms with Gasteiger partial charge in [0.15, 0.2) is 0 Å². The molecule has 0 N–H and O–H groups in total. The largest absolute Gasteiger partial charge is 1.00 e. The van der Waals surface area contributed by atoms with Crippen LogP contribution in [0.15, 0.2) is 0 Å². The Bertz CT molecular complexity index is 76.4. The van der Waals surface area contributed by atoms with Gasteiger partial charge in [-0.15, -0.1) is 0 Å². The maximum Gasteiger partial charge on any atom is 1.00 e. The molecule has 0 spiro atoms. The Morgan fingerprint density at radius 2 is 2.43 bits per heavy atom. The molecule has 0 saturated carbocycles. The first-order valence-corrected chi connectivity index (χ1v) is 1.68. The molecule has 0 radical (unpaired) electrons. The molecule has 0 rings (SSSR count). The third-order valence-electron chi connectivity index (χ3n) is 0.402. The van der Waals surface area contributed by atoms with Crippen LogP contribution in [0.25, 0.3) is 0 Å². The molecule has 2 nitrogen and oxygen atoms in total. The molecule has 0 aliphatic heterocycles. The van der Waals surface area contributed by atoms with Gasteiger partial charge in [-0.3, -0.25) is 0 Å². The van der Waals surface area contributed by atoms with E-state index in [9.17, 15) is 9.90 Å². The van der Waals surface area contributed by atoms with E-state index in [4.69, 9.17) is 1.37 Å². The third kappa shape index (κ3) is 6.47. The third-order valence-corrected chi connectivity index (χ3v) is 0.402. The van der Waals surface area contributed by atoms with Gasteiger partial charge in [-0.2, -0.15) is 0 Å². The van der Waals surface area contributed by atoms with Crippen LogP contribution in [-0.2, 0) is 4.79 Å². The van der Waals surface area contributed by atoms with Crippen molar-refractivity contribution in [2.24, 2.45) is 5.92 Å². The Morgan fingerprint density at radius 1 is 2.00 bits per heavy atom. The Morgan fingerprint density at radius 3 is 2.43 bits per heavy atom. The van der Waals surface area contributed by atoms with Gasteiger partial charge in [0.25, 0.3) is 0 Å². The van der Waals surface area contributed by atoms with Crippen molar-refractivity contribution < 1.29 is 40.8 Å². The number of hydrogen-bond donors (Lipinski definition) is 0. The minimum absolute atomic E-state index is 0. The zero-order valence-corrected chi connectivity index (χ0v) is 6.60. The summed E-state index contributed by atoms with van der Waals surface area (Å²) < 4.78 is 6.52. The molecule has 0 aromatic rings. The Balaban J connectivity index is 0. The maximum absolute atomic E-state index is 9.70. The summed E-state index contributed by atoms with van der Waals surface area (Å²) in [6.45, 7) is 1.35. The van der Waals surface area contributed by atoms with Crippen LogP contribution in [0, 0.1) is 5.92 Å². The average Bonchev–Trinajstić information content (AvgIpc) is 1.65. The predicted molar refractivity (Wildman–Crippen MR) is 19.8 cm³/mol. The summed E-state index contributed by atoms with van der Waals surface area (Å²) in [5, 5.41) is 9.70. The fourth-order valence-electron chi connectivity index (χ4n) is 0. The normalized spacial score (nSPS) is 13.6. The van der Waals surface area contributed by atoms with Crippen LogP contribution in [-0.4, -0.2) is 5.97 Å². The van der Waals surface area contributed by atoms with Crippen molar-refractivity contribution in [1.82, 2.24) is 0 Å². The number of aliphatic carboxylic acids is 1. The molecule has 0 aromatic carbocycles. The molecule has 36 valence electrons. The SMILES string of the molecule is [2H]C[C@H](C)C(=O)[O-].[Na+]. The van der Waals surface area contributed by atoms with Crippen LogP contribution in [0.4, 0.5) is 0 Å². The molecule has 0 amide bonds. The first-order chi connectivity index (χ1) is 3.18. The summed E-state index contributed by atoms with van der Waals surface area (Å²) >= 11 is 0. The van der Waals surface area contributed by atoms with E-state index in [1.807, 2.05) is 0 Å². The zero-order chi connectivity index (χ0) is 5.86. The molecule has 3 heteroatoms. The smallest absolute Gasteiger partial charge is 0.550 e. The zero-order valence-electron chi connectivity index (χ0n) is 5.60. The van der Waals surface area contributed by atoms with Gasteiger partial charge in [0.1, 0.15) is 0 Å². The van der Waals surface area contributed by atoms with E-state index in [0.717, 1.165) is 0 Å². The molecule has 7 heavy (non-hydrogen) atoms. The molecule has 0 saturated heterocycles. The Labute approximate surface area is 66.6 Å². The standard InChI is InChI=1S/C4H8O2.Na/c1-3(2)4(5)6;/h3H,1-2H3,(H,5,6);/q;+1/p-1/i1D;/t3-;/m1./s1. The van der Waals surface area contributed by atoms with Crippen LogP contribution in [0.2, 0.25) is 0 Å². The monoisotopic (exact) mass is 111 g/mol. The second-order valence-corrected chi connectivity index (χ2v) is 1.22. The van der Waals surface area contributed by atoms with Crippen LogP contribution in [0.5, 0.6) is 0 Å². The summed E-state index contributed by atoms with van der Waals surface area (Å²) in [7, 11) is 0. The summed E-state index contributed by atoms with van der Waals surface area (Å²) in [6, 6.07) is 0. The molecule has 0 fully saturated rings. The fourth-order valence-corrected chi connectivity index (χ4v) is 0. The summed E-state index contributed by atoms with van der Waals surface area (Å²) in [5.74, 6) is -1.77. The first-order valence-electron chi connectivity index (χ1n) is 2.39. The van der Waals surface area contributed by atoms with Gasteiger partial charge in [0, 0.05) is 7.34 Å². The van der Waals surface area contributed by atoms with Crippen LogP contribution >= 0.6 is 0 Å². The van der Waals surface area contributed by atoms with E-state index in [1.165, 1.54) is 6.92 Å². The molecule has 0 aliphatic rings. The number of carbonyl (C=O) groups is 1. The van der Waals surface area contributed by atoms with E-state index >= 15 is 0 Å². The second-order valence-electron chi connectivity index (χ2n) is 1.22. The van der Waals surface area contributed by atoms with Crippen LogP contribution < -0.4 is 34.7 Å². The van der Waals surface area contributed by atoms with Crippen LogP contribution in [0.3, 0.4) is 0 Å². The minimum Gasteiger partial charge on any atom is -0.550 e. The van der Waals surface area contributed by atoms with E-state index in [-0.39, 0.29) is 36.5 Å². The molecule has 0 aliphatic carbocycles. The minimum atomic E-state index is -1.14. The molecule has 0 heterocycles. The van der Waals surface area contributed by atoms with Crippen molar-refractivity contribution in [3.05, 3.63) is 0 Å². The van der Waals surface area contributed by atoms with E-state index < -0.39 is 11.9 Å². The van der Waals surface area contributed by atoms with Gasteiger partial charge < -0.3 is 9.90 Å². The van der Waals surface area contributed by atoms with Crippen molar-refractivity contribution in [2.45, 2.75) is 13.8 Å². The number of carbonyl (C=O) groups excluding carboxylic acids is 1. The molecule has 0 aromatic heterocycles. The van der Waals surface area contributed by atoms with E-state index in [1.54, 1.807) is 0 Å². The Hall–Kier alpha value is 0.470. The first kappa shape index (κ1) is 7.47. The molecular formula is C4H7NaO2. The van der Waals surface area contributed by atoms with E-state index in [2.05, 4.69) is 0 Å². The molecular weight excluding hydrogens is 103 g/mol. The van der Waals surface area contributed by atoms with Gasteiger partial charge in [-0.05, 0) is 5.92 Å². The summed E-state index contributed by atoms with van der Waals surface area (Å²) in [4.78, 5) is 9.70. The maximum atomic E-state index is 9.70. The summed E-state index contributed by atoms with van der Waals surface area (Å²) in [6.07, 6.45) is 0. The van der Waals surface area contributed by atoms with Gasteiger partial charge in [0.05, 0.1) is 0 Å². The van der Waals surface area contributed by atoms with Crippen molar-refractivity contribution in [3.63, 3.8) is 0 Å². The molecule has 1 atom stereocenters. The average molecular weight is 111 g/mol. The fraction of sp³-hybridized carbons (Fsp3) is 0.750. The quantitative estimate of drug-likeness (QED) is 0.328. The van der Waals surface area contributed by atoms with Gasteiger partial charge >= 0.3 is 29.6 Å². The van der Waals surface area contributed by atoms with Gasteiger partial charge in [-0.1, -0.05) is 13.8 Å². The van der Waals surface area contributed by atoms with E-state index in [0.29, 0.717) is 0 Å². The Kier molecular flexibility index (Phi) is 4.94. The van der Waals surface area contributed by atoms with Gasteiger partial charge in [-0.25, -0.2) is 0 Å². The second kappa shape index (κ2) is 4.62. The van der Waals surface area contributed by atoms with Crippen molar-refractivity contribution >= 4 is 5.97 Å². The topological polar surface area (TPSA) is 40.1 Å². The van der Waals surface area contributed by atoms with Crippen LogP contribution in [0.1, 0.15) is 15.2 Å².